The summed E-state index contributed by atoms with van der Waals surface area (Å²) in [5.74, 6) is -1.28. The van der Waals surface area contributed by atoms with Gasteiger partial charge in [0.05, 0.1) is 0 Å². The Morgan fingerprint density at radius 3 is 2.54 bits per heavy atom. The molecule has 1 amide bonds. The van der Waals surface area contributed by atoms with E-state index in [1.54, 1.807) is 0 Å². The summed E-state index contributed by atoms with van der Waals surface area (Å²) in [4.78, 5) is 26.6. The van der Waals surface area contributed by atoms with Gasteiger partial charge in [0.15, 0.2) is 0 Å². The number of likely N-dealkylation sites (tertiary alicyclic amines) is 1. The number of benzene rings is 1. The molecule has 7 nitrogen and oxygen atoms in total. The predicted molar refractivity (Wildman–Crippen MR) is 91.9 cm³/mol. The van der Waals surface area contributed by atoms with Gasteiger partial charge in [0, 0.05) is 30.7 Å². The van der Waals surface area contributed by atoms with E-state index in [-0.39, 0.29) is 30.2 Å². The van der Waals surface area contributed by atoms with Crippen LogP contribution in [0.25, 0.3) is 11.5 Å². The lowest BCUT2D eigenvalue weighted by molar-refractivity contribution is -0.123. The summed E-state index contributed by atoms with van der Waals surface area (Å²) >= 11 is 0. The summed E-state index contributed by atoms with van der Waals surface area (Å²) < 4.78 is 19.0. The lowest BCUT2D eigenvalue weighted by Crippen LogP contribution is -2.46. The molecule has 0 spiro atoms. The van der Waals surface area contributed by atoms with Crippen LogP contribution in [0.3, 0.4) is 0 Å². The maximum atomic E-state index is 13.0. The minimum Gasteiger partial charge on any atom is -0.388 e. The minimum atomic E-state index is -0.706. The van der Waals surface area contributed by atoms with Gasteiger partial charge in [-0.05, 0) is 49.9 Å². The Labute approximate surface area is 149 Å². The number of carbonyl (C=O) groups excluding carboxylic acids is 1. The van der Waals surface area contributed by atoms with Crippen molar-refractivity contribution in [2.24, 2.45) is 0 Å². The summed E-state index contributed by atoms with van der Waals surface area (Å²) in [5, 5.41) is 7.01. The fourth-order valence-electron chi connectivity index (χ4n) is 3.37. The quantitative estimate of drug-likeness (QED) is 0.871. The second-order valence-electron chi connectivity index (χ2n) is 6.95. The molecule has 0 bridgehead atoms. The van der Waals surface area contributed by atoms with Crippen LogP contribution in [-0.4, -0.2) is 45.8 Å². The van der Waals surface area contributed by atoms with Gasteiger partial charge in [-0.3, -0.25) is 4.79 Å². The number of rotatable bonds is 5. The van der Waals surface area contributed by atoms with Crippen LogP contribution in [-0.2, 0) is 11.3 Å². The van der Waals surface area contributed by atoms with E-state index in [9.17, 15) is 14.0 Å². The number of aromatic nitrogens is 2. The predicted octanol–water partition coefficient (Wildman–Crippen LogP) is 1.39. The summed E-state index contributed by atoms with van der Waals surface area (Å²) in [5.41, 5.74) is 0.482. The van der Waals surface area contributed by atoms with E-state index in [4.69, 9.17) is 4.42 Å². The average Bonchev–Trinajstić information content (AvgIpc) is 3.41. The first-order chi connectivity index (χ1) is 12.6. The van der Waals surface area contributed by atoms with E-state index in [2.05, 4.69) is 15.3 Å². The number of nitrogens with one attached hydrogen (secondary N) is 1. The van der Waals surface area contributed by atoms with Crippen molar-refractivity contribution >= 4 is 5.91 Å². The monoisotopic (exact) mass is 360 g/mol. The Balaban J connectivity index is 1.34. The summed E-state index contributed by atoms with van der Waals surface area (Å²) in [6.45, 7) is 1.83. The van der Waals surface area contributed by atoms with Crippen LogP contribution in [0, 0.1) is 5.82 Å². The second-order valence-corrected chi connectivity index (χ2v) is 6.95. The van der Waals surface area contributed by atoms with Crippen molar-refractivity contribution in [3.63, 3.8) is 0 Å². The average molecular weight is 360 g/mol. The molecule has 4 rings (SSSR count). The van der Waals surface area contributed by atoms with Gasteiger partial charge in [-0.25, -0.2) is 9.18 Å². The first kappa shape index (κ1) is 17.0. The number of halogens is 1. The van der Waals surface area contributed by atoms with Crippen LogP contribution in [0.5, 0.6) is 0 Å². The van der Waals surface area contributed by atoms with Crippen LogP contribution in [0.4, 0.5) is 4.39 Å². The molecule has 2 aliphatic rings. The highest BCUT2D eigenvalue weighted by Gasteiger charge is 2.32. The Morgan fingerprint density at radius 2 is 1.88 bits per heavy atom. The molecule has 1 aliphatic carbocycles. The Bertz CT molecular complexity index is 833. The molecule has 2 aromatic rings. The van der Waals surface area contributed by atoms with Gasteiger partial charge in [0.2, 0.25) is 11.8 Å². The van der Waals surface area contributed by atoms with Crippen LogP contribution in [0.2, 0.25) is 0 Å². The zero-order chi connectivity index (χ0) is 18.1. The Hall–Kier alpha value is -2.48. The third-order valence-corrected chi connectivity index (χ3v) is 4.95. The first-order valence-corrected chi connectivity index (χ1v) is 8.96. The summed E-state index contributed by atoms with van der Waals surface area (Å²) in [6.07, 6.45) is 4.44. The number of amides is 1. The lowest BCUT2D eigenvalue weighted by Gasteiger charge is -2.32. The standard InChI is InChI=1S/C18H21FN4O3/c19-13-3-1-12(2-4-13)17-21-23(18(25)26-17)11-16(24)20-14-7-9-22(10-8-14)15-5-6-15/h1-4,14-15H,5-11H2,(H,20,24). The Kier molecular flexibility index (Phi) is 4.58. The molecule has 1 aliphatic heterocycles. The maximum absolute atomic E-state index is 13.0. The topological polar surface area (TPSA) is 80.4 Å². The van der Waals surface area contributed by atoms with Gasteiger partial charge in [-0.1, -0.05) is 0 Å². The number of piperidine rings is 1. The molecule has 1 saturated carbocycles. The molecule has 0 radical (unpaired) electrons. The summed E-state index contributed by atoms with van der Waals surface area (Å²) in [6, 6.07) is 6.35. The normalized spacial score (nSPS) is 18.8. The van der Waals surface area contributed by atoms with Gasteiger partial charge in [0.25, 0.3) is 0 Å². The minimum absolute atomic E-state index is 0.0699. The van der Waals surface area contributed by atoms with Crippen molar-refractivity contribution in [2.45, 2.75) is 44.3 Å². The van der Waals surface area contributed by atoms with Gasteiger partial charge in [-0.15, -0.1) is 5.10 Å². The molecule has 2 fully saturated rings. The molecule has 1 aromatic carbocycles. The molecular formula is C18H21FN4O3. The molecule has 0 unspecified atom stereocenters. The van der Waals surface area contributed by atoms with E-state index in [0.29, 0.717) is 5.56 Å². The van der Waals surface area contributed by atoms with Gasteiger partial charge >= 0.3 is 5.76 Å². The Morgan fingerprint density at radius 1 is 1.19 bits per heavy atom. The highest BCUT2D eigenvalue weighted by atomic mass is 19.1. The third kappa shape index (κ3) is 3.85. The van der Waals surface area contributed by atoms with E-state index < -0.39 is 5.76 Å². The zero-order valence-corrected chi connectivity index (χ0v) is 14.4. The van der Waals surface area contributed by atoms with Crippen molar-refractivity contribution < 1.29 is 13.6 Å². The molecule has 1 saturated heterocycles. The van der Waals surface area contributed by atoms with E-state index in [0.717, 1.165) is 36.7 Å². The van der Waals surface area contributed by atoms with Crippen LogP contribution >= 0.6 is 0 Å². The first-order valence-electron chi connectivity index (χ1n) is 8.96. The van der Waals surface area contributed by atoms with Crippen molar-refractivity contribution in [1.29, 1.82) is 0 Å². The smallest absolute Gasteiger partial charge is 0.388 e. The van der Waals surface area contributed by atoms with Gasteiger partial charge in [-0.2, -0.15) is 4.68 Å². The van der Waals surface area contributed by atoms with Gasteiger partial charge in [0.1, 0.15) is 12.4 Å². The lowest BCUT2D eigenvalue weighted by atomic mass is 10.0. The fraction of sp³-hybridized carbons (Fsp3) is 0.500. The molecular weight excluding hydrogens is 339 g/mol. The fourth-order valence-corrected chi connectivity index (χ4v) is 3.37. The second kappa shape index (κ2) is 7.03. The molecule has 8 heteroatoms. The third-order valence-electron chi connectivity index (χ3n) is 4.95. The zero-order valence-electron chi connectivity index (χ0n) is 14.4. The number of hydrogen-bond acceptors (Lipinski definition) is 5. The molecule has 138 valence electrons. The molecule has 0 atom stereocenters. The highest BCUT2D eigenvalue weighted by Crippen LogP contribution is 2.29. The summed E-state index contributed by atoms with van der Waals surface area (Å²) in [7, 11) is 0. The maximum Gasteiger partial charge on any atom is 0.437 e. The molecule has 2 heterocycles. The molecule has 1 aromatic heterocycles. The van der Waals surface area contributed by atoms with Crippen LogP contribution in [0.1, 0.15) is 25.7 Å². The number of nitrogens with zero attached hydrogens (tertiary/aromatic N) is 3. The number of carbonyl (C=O) groups is 1. The van der Waals surface area contributed by atoms with E-state index in [1.165, 1.54) is 37.1 Å². The van der Waals surface area contributed by atoms with Gasteiger partial charge < -0.3 is 14.6 Å². The van der Waals surface area contributed by atoms with Crippen LogP contribution < -0.4 is 11.1 Å². The van der Waals surface area contributed by atoms with E-state index in [1.807, 2.05) is 0 Å². The highest BCUT2D eigenvalue weighted by molar-refractivity contribution is 5.76. The molecule has 1 N–H and O–H groups in total. The molecule has 26 heavy (non-hydrogen) atoms. The van der Waals surface area contributed by atoms with Crippen molar-refractivity contribution in [2.75, 3.05) is 13.1 Å². The van der Waals surface area contributed by atoms with E-state index >= 15 is 0 Å². The SMILES string of the molecule is O=C(Cn1nc(-c2ccc(F)cc2)oc1=O)NC1CCN(C2CC2)CC1. The van der Waals surface area contributed by atoms with Crippen molar-refractivity contribution in [3.05, 3.63) is 40.6 Å². The number of hydrogen-bond donors (Lipinski definition) is 1. The largest absolute Gasteiger partial charge is 0.437 e. The van der Waals surface area contributed by atoms with Crippen molar-refractivity contribution in [1.82, 2.24) is 20.0 Å². The van der Waals surface area contributed by atoms with Crippen molar-refractivity contribution in [3.8, 4) is 11.5 Å². The van der Waals surface area contributed by atoms with Crippen LogP contribution in [0.15, 0.2) is 33.5 Å².